The van der Waals surface area contributed by atoms with E-state index >= 15 is 0 Å². The molecule has 4 rings (SSSR count). The summed E-state index contributed by atoms with van der Waals surface area (Å²) in [5.74, 6) is 2.75. The number of amides is 1. The van der Waals surface area contributed by atoms with Crippen LogP contribution in [0.5, 0.6) is 11.5 Å². The van der Waals surface area contributed by atoms with E-state index in [1.165, 1.54) is 5.57 Å². The van der Waals surface area contributed by atoms with Gasteiger partial charge in [-0.2, -0.15) is 0 Å². The number of hydrogen-bond donors (Lipinski definition) is 0. The molecule has 1 saturated heterocycles. The highest BCUT2D eigenvalue weighted by atomic mass is 16.5. The van der Waals surface area contributed by atoms with Gasteiger partial charge in [0.25, 0.3) is 0 Å². The van der Waals surface area contributed by atoms with Crippen LogP contribution in [0.2, 0.25) is 0 Å². The molecule has 4 nitrogen and oxygen atoms in total. The number of para-hydroxylation sites is 1. The summed E-state index contributed by atoms with van der Waals surface area (Å²) in [7, 11) is 3.34. The molecule has 1 aliphatic heterocycles. The average Bonchev–Trinajstić information content (AvgIpc) is 3.37. The predicted octanol–water partition coefficient (Wildman–Crippen LogP) is 4.40. The van der Waals surface area contributed by atoms with E-state index in [0.717, 1.165) is 55.8 Å². The van der Waals surface area contributed by atoms with E-state index in [-0.39, 0.29) is 16.7 Å². The van der Waals surface area contributed by atoms with E-state index in [4.69, 9.17) is 9.47 Å². The Bertz CT molecular complexity index is 784. The van der Waals surface area contributed by atoms with Gasteiger partial charge in [0.1, 0.15) is 0 Å². The Balaban J connectivity index is 1.56. The lowest BCUT2D eigenvalue weighted by Crippen LogP contribution is -2.43. The Morgan fingerprint density at radius 1 is 1.22 bits per heavy atom. The Morgan fingerprint density at radius 3 is 2.63 bits per heavy atom. The summed E-state index contributed by atoms with van der Waals surface area (Å²) in [4.78, 5) is 15.7. The number of methoxy groups -OCH3 is 2. The quantitative estimate of drug-likeness (QED) is 0.738. The number of rotatable bonds is 4. The fourth-order valence-electron chi connectivity index (χ4n) is 5.86. The molecule has 0 unspecified atom stereocenters. The van der Waals surface area contributed by atoms with Crippen LogP contribution >= 0.6 is 0 Å². The number of carbonyl (C=O) groups excluding carboxylic acids is 1. The minimum absolute atomic E-state index is 0.0864. The Morgan fingerprint density at radius 2 is 2.00 bits per heavy atom. The molecular formula is C23H31NO3. The summed E-state index contributed by atoms with van der Waals surface area (Å²) in [5, 5.41) is 0. The highest BCUT2D eigenvalue weighted by Crippen LogP contribution is 2.66. The molecule has 1 amide bonds. The zero-order valence-corrected chi connectivity index (χ0v) is 17.0. The monoisotopic (exact) mass is 369 g/mol. The molecule has 3 fully saturated rings. The molecule has 27 heavy (non-hydrogen) atoms. The number of likely N-dealkylation sites (tertiary alicyclic amines) is 1. The molecule has 1 heterocycles. The van der Waals surface area contributed by atoms with Crippen molar-refractivity contribution in [1.29, 1.82) is 0 Å². The van der Waals surface area contributed by atoms with Crippen molar-refractivity contribution in [2.75, 3.05) is 27.3 Å². The topological polar surface area (TPSA) is 38.8 Å². The molecule has 2 saturated carbocycles. The van der Waals surface area contributed by atoms with Gasteiger partial charge in [0.05, 0.1) is 19.6 Å². The van der Waals surface area contributed by atoms with Crippen molar-refractivity contribution in [3.05, 3.63) is 35.9 Å². The van der Waals surface area contributed by atoms with E-state index in [0.29, 0.717) is 11.8 Å². The minimum Gasteiger partial charge on any atom is -0.493 e. The number of ether oxygens (including phenoxy) is 2. The SMILES string of the molecule is C=C1C(C)(C)[C@@H]2CC[C@@]1(C(=O)N1CC[C@@H](c3cccc(OC)c3OC)C1)C2. The lowest BCUT2D eigenvalue weighted by atomic mass is 9.68. The van der Waals surface area contributed by atoms with Crippen molar-refractivity contribution in [3.63, 3.8) is 0 Å². The van der Waals surface area contributed by atoms with Crippen LogP contribution in [0.1, 0.15) is 51.0 Å². The first-order valence-electron chi connectivity index (χ1n) is 10.0. The second kappa shape index (κ2) is 6.29. The molecule has 1 aromatic rings. The molecule has 3 aliphatic rings. The van der Waals surface area contributed by atoms with Crippen molar-refractivity contribution in [3.8, 4) is 11.5 Å². The zero-order chi connectivity index (χ0) is 19.4. The number of benzene rings is 1. The summed E-state index contributed by atoms with van der Waals surface area (Å²) in [6.07, 6.45) is 4.08. The van der Waals surface area contributed by atoms with Crippen LogP contribution in [0.15, 0.2) is 30.4 Å². The summed E-state index contributed by atoms with van der Waals surface area (Å²) < 4.78 is 11.1. The third-order valence-electron chi connectivity index (χ3n) is 7.65. The average molecular weight is 370 g/mol. The van der Waals surface area contributed by atoms with Crippen molar-refractivity contribution < 1.29 is 14.3 Å². The van der Waals surface area contributed by atoms with Gasteiger partial charge < -0.3 is 14.4 Å². The van der Waals surface area contributed by atoms with Gasteiger partial charge >= 0.3 is 0 Å². The van der Waals surface area contributed by atoms with Crippen molar-refractivity contribution in [2.24, 2.45) is 16.7 Å². The highest BCUT2D eigenvalue weighted by molar-refractivity contribution is 5.88. The first-order chi connectivity index (χ1) is 12.8. The summed E-state index contributed by atoms with van der Waals surface area (Å²) in [6.45, 7) is 10.5. The first-order valence-corrected chi connectivity index (χ1v) is 10.0. The van der Waals surface area contributed by atoms with Gasteiger partial charge in [0.2, 0.25) is 5.91 Å². The summed E-state index contributed by atoms with van der Waals surface area (Å²) in [5.41, 5.74) is 2.07. The normalized spacial score (nSPS) is 31.4. The van der Waals surface area contributed by atoms with Gasteiger partial charge in [0, 0.05) is 24.6 Å². The largest absolute Gasteiger partial charge is 0.493 e. The standard InChI is InChI=1S/C23H31NO3/c1-15-22(2,3)17-9-11-23(15,13-17)21(25)24-12-10-16(14-24)18-7-6-8-19(26-4)20(18)27-5/h6-8,16-17H,1,9-14H2,2-5H3/t16-,17-,23-/m1/s1. The van der Waals surface area contributed by atoms with Crippen LogP contribution in [0.4, 0.5) is 0 Å². The number of fused-ring (bicyclic) bond motifs is 2. The molecular weight excluding hydrogens is 338 g/mol. The summed E-state index contributed by atoms with van der Waals surface area (Å²) >= 11 is 0. The number of nitrogens with zero attached hydrogens (tertiary/aromatic N) is 1. The highest BCUT2D eigenvalue weighted by Gasteiger charge is 2.62. The Labute approximate surface area is 162 Å². The van der Waals surface area contributed by atoms with Crippen LogP contribution in [-0.4, -0.2) is 38.1 Å². The van der Waals surface area contributed by atoms with Gasteiger partial charge in [-0.05, 0) is 43.1 Å². The maximum Gasteiger partial charge on any atom is 0.232 e. The number of carbonyl (C=O) groups is 1. The van der Waals surface area contributed by atoms with Crippen molar-refractivity contribution in [1.82, 2.24) is 4.90 Å². The molecule has 2 aliphatic carbocycles. The predicted molar refractivity (Wildman–Crippen MR) is 106 cm³/mol. The van der Waals surface area contributed by atoms with Crippen molar-refractivity contribution in [2.45, 2.75) is 45.4 Å². The smallest absolute Gasteiger partial charge is 0.232 e. The molecule has 1 aromatic carbocycles. The second-order valence-electron chi connectivity index (χ2n) is 9.04. The van der Waals surface area contributed by atoms with E-state index < -0.39 is 0 Å². The molecule has 0 N–H and O–H groups in total. The maximum atomic E-state index is 13.6. The summed E-state index contributed by atoms with van der Waals surface area (Å²) in [6, 6.07) is 6.02. The van der Waals surface area contributed by atoms with Crippen LogP contribution in [0, 0.1) is 16.7 Å². The molecule has 2 bridgehead atoms. The van der Waals surface area contributed by atoms with Gasteiger partial charge in [-0.3, -0.25) is 4.79 Å². The van der Waals surface area contributed by atoms with Gasteiger partial charge in [-0.25, -0.2) is 0 Å². The van der Waals surface area contributed by atoms with E-state index in [1.54, 1.807) is 14.2 Å². The molecule has 146 valence electrons. The lowest BCUT2D eigenvalue weighted by Gasteiger charge is -2.39. The van der Waals surface area contributed by atoms with E-state index in [9.17, 15) is 4.79 Å². The number of hydrogen-bond acceptors (Lipinski definition) is 3. The third-order valence-corrected chi connectivity index (χ3v) is 7.65. The molecule has 0 spiro atoms. The second-order valence-corrected chi connectivity index (χ2v) is 9.04. The minimum atomic E-state index is -0.318. The Kier molecular flexibility index (Phi) is 4.28. The molecule has 0 aromatic heterocycles. The third kappa shape index (κ3) is 2.52. The van der Waals surface area contributed by atoms with Gasteiger partial charge in [0.15, 0.2) is 11.5 Å². The first kappa shape index (κ1) is 18.4. The van der Waals surface area contributed by atoms with Gasteiger partial charge in [-0.1, -0.05) is 38.1 Å². The van der Waals surface area contributed by atoms with Crippen LogP contribution in [-0.2, 0) is 4.79 Å². The van der Waals surface area contributed by atoms with Crippen molar-refractivity contribution >= 4 is 5.91 Å². The maximum absolute atomic E-state index is 13.6. The fraction of sp³-hybridized carbons (Fsp3) is 0.609. The molecule has 0 radical (unpaired) electrons. The van der Waals surface area contributed by atoms with Crippen LogP contribution < -0.4 is 9.47 Å². The van der Waals surface area contributed by atoms with Crippen LogP contribution in [0.25, 0.3) is 0 Å². The van der Waals surface area contributed by atoms with E-state index in [1.807, 2.05) is 12.1 Å². The fourth-order valence-corrected chi connectivity index (χ4v) is 5.86. The Hall–Kier alpha value is -1.97. The lowest BCUT2D eigenvalue weighted by molar-refractivity contribution is -0.138. The van der Waals surface area contributed by atoms with Crippen LogP contribution in [0.3, 0.4) is 0 Å². The molecule has 4 heteroatoms. The molecule has 3 atom stereocenters. The zero-order valence-electron chi connectivity index (χ0n) is 17.0. The van der Waals surface area contributed by atoms with Gasteiger partial charge in [-0.15, -0.1) is 0 Å². The van der Waals surface area contributed by atoms with E-state index in [2.05, 4.69) is 31.4 Å².